The summed E-state index contributed by atoms with van der Waals surface area (Å²) in [6.45, 7) is 9.01. The summed E-state index contributed by atoms with van der Waals surface area (Å²) in [7, 11) is 0. The summed E-state index contributed by atoms with van der Waals surface area (Å²) in [6.07, 6.45) is 0. The highest BCUT2D eigenvalue weighted by molar-refractivity contribution is 5.83. The molecule has 1 aromatic carbocycles. The van der Waals surface area contributed by atoms with Gasteiger partial charge in [0, 0.05) is 12.6 Å². The average Bonchev–Trinajstić information content (AvgIpc) is 2.34. The largest absolute Gasteiger partial charge is 0.338 e. The normalized spacial score (nSPS) is 12.8. The molecule has 0 aliphatic heterocycles. The highest BCUT2D eigenvalue weighted by Crippen LogP contribution is 2.15. The molecule has 0 bridgehead atoms. The fraction of sp³-hybridized carbons (Fsp3) is 0.533. The van der Waals surface area contributed by atoms with Gasteiger partial charge in [-0.05, 0) is 25.3 Å². The third-order valence-electron chi connectivity index (χ3n) is 2.89. The van der Waals surface area contributed by atoms with Crippen LogP contribution in [0.4, 0.5) is 0 Å². The number of benzene rings is 1. The molecule has 0 aromatic heterocycles. The van der Waals surface area contributed by atoms with Gasteiger partial charge in [-0.15, -0.1) is 0 Å². The molecule has 0 saturated heterocycles. The quantitative estimate of drug-likeness (QED) is 0.870. The molecule has 1 unspecified atom stereocenters. The second kappa shape index (κ2) is 6.55. The van der Waals surface area contributed by atoms with Crippen LogP contribution >= 0.6 is 0 Å². The first kappa shape index (κ1) is 14.7. The van der Waals surface area contributed by atoms with Crippen LogP contribution in [0, 0.1) is 5.92 Å². The van der Waals surface area contributed by atoms with E-state index in [2.05, 4.69) is 13.8 Å². The van der Waals surface area contributed by atoms with E-state index >= 15 is 0 Å². The summed E-state index contributed by atoms with van der Waals surface area (Å²) in [5, 5.41) is 0. The Morgan fingerprint density at radius 3 is 2.17 bits per heavy atom. The van der Waals surface area contributed by atoms with E-state index in [0.29, 0.717) is 5.92 Å². The Kier molecular flexibility index (Phi) is 5.35. The number of carbonyl (C=O) groups is 1. The van der Waals surface area contributed by atoms with Gasteiger partial charge in [-0.2, -0.15) is 0 Å². The Bertz CT molecular complexity index is 373. The summed E-state index contributed by atoms with van der Waals surface area (Å²) >= 11 is 0. The molecule has 18 heavy (non-hydrogen) atoms. The second-order valence-electron chi connectivity index (χ2n) is 5.37. The molecular weight excluding hydrogens is 224 g/mol. The van der Waals surface area contributed by atoms with Crippen LogP contribution in [0.3, 0.4) is 0 Å². The maximum absolute atomic E-state index is 12.4. The van der Waals surface area contributed by atoms with Crippen molar-refractivity contribution in [3.63, 3.8) is 0 Å². The number of amides is 1. The SMILES string of the molecule is CC(C)CN(C(=O)C(N)c1ccccc1)C(C)C. The van der Waals surface area contributed by atoms with Gasteiger partial charge in [0.05, 0.1) is 0 Å². The van der Waals surface area contributed by atoms with Gasteiger partial charge in [-0.1, -0.05) is 44.2 Å². The molecule has 2 N–H and O–H groups in total. The molecule has 3 nitrogen and oxygen atoms in total. The summed E-state index contributed by atoms with van der Waals surface area (Å²) in [5.74, 6) is 0.448. The molecular formula is C15H24N2O. The van der Waals surface area contributed by atoms with Crippen LogP contribution < -0.4 is 5.73 Å². The number of carbonyl (C=O) groups excluding carboxylic acids is 1. The van der Waals surface area contributed by atoms with Crippen LogP contribution in [0.5, 0.6) is 0 Å². The molecule has 3 heteroatoms. The minimum atomic E-state index is -0.563. The molecule has 1 atom stereocenters. The van der Waals surface area contributed by atoms with Crippen molar-refractivity contribution in [3.05, 3.63) is 35.9 Å². The zero-order valence-corrected chi connectivity index (χ0v) is 11.8. The number of rotatable bonds is 5. The van der Waals surface area contributed by atoms with Gasteiger partial charge in [0.15, 0.2) is 0 Å². The van der Waals surface area contributed by atoms with Gasteiger partial charge in [-0.25, -0.2) is 0 Å². The van der Waals surface area contributed by atoms with Gasteiger partial charge < -0.3 is 10.6 Å². The molecule has 0 heterocycles. The van der Waals surface area contributed by atoms with E-state index in [4.69, 9.17) is 5.73 Å². The highest BCUT2D eigenvalue weighted by atomic mass is 16.2. The minimum absolute atomic E-state index is 0.00454. The maximum Gasteiger partial charge on any atom is 0.244 e. The van der Waals surface area contributed by atoms with E-state index in [0.717, 1.165) is 12.1 Å². The number of hydrogen-bond donors (Lipinski definition) is 1. The molecule has 1 rings (SSSR count). The summed E-state index contributed by atoms with van der Waals surface area (Å²) in [4.78, 5) is 14.3. The lowest BCUT2D eigenvalue weighted by atomic mass is 10.0. The van der Waals surface area contributed by atoms with Gasteiger partial charge in [0.1, 0.15) is 6.04 Å². The van der Waals surface area contributed by atoms with Crippen molar-refractivity contribution in [2.45, 2.75) is 39.8 Å². The number of nitrogens with two attached hydrogens (primary N) is 1. The van der Waals surface area contributed by atoms with Crippen LogP contribution in [0.25, 0.3) is 0 Å². The van der Waals surface area contributed by atoms with E-state index in [1.54, 1.807) is 0 Å². The number of hydrogen-bond acceptors (Lipinski definition) is 2. The molecule has 0 radical (unpaired) electrons. The highest BCUT2D eigenvalue weighted by Gasteiger charge is 2.24. The third-order valence-corrected chi connectivity index (χ3v) is 2.89. The molecule has 1 amide bonds. The smallest absolute Gasteiger partial charge is 0.244 e. The van der Waals surface area contributed by atoms with Crippen molar-refractivity contribution < 1.29 is 4.79 Å². The standard InChI is InChI=1S/C15H24N2O/c1-11(2)10-17(12(3)4)15(18)14(16)13-8-6-5-7-9-13/h5-9,11-12,14H,10,16H2,1-4H3. The van der Waals surface area contributed by atoms with Crippen LogP contribution in [0.2, 0.25) is 0 Å². The molecule has 100 valence electrons. The molecule has 1 aromatic rings. The van der Waals surface area contributed by atoms with Crippen LogP contribution in [0.15, 0.2) is 30.3 Å². The molecule has 0 saturated carbocycles. The lowest BCUT2D eigenvalue weighted by Gasteiger charge is -2.31. The van der Waals surface area contributed by atoms with Crippen LogP contribution in [-0.4, -0.2) is 23.4 Å². The Morgan fingerprint density at radius 2 is 1.72 bits per heavy atom. The third kappa shape index (κ3) is 3.84. The molecule has 0 aliphatic rings. The first-order chi connectivity index (χ1) is 8.43. The zero-order chi connectivity index (χ0) is 13.7. The van der Waals surface area contributed by atoms with Crippen molar-refractivity contribution in [1.82, 2.24) is 4.90 Å². The number of nitrogens with zero attached hydrogens (tertiary/aromatic N) is 1. The van der Waals surface area contributed by atoms with Crippen molar-refractivity contribution >= 4 is 5.91 Å². The molecule has 0 aliphatic carbocycles. The van der Waals surface area contributed by atoms with Crippen LogP contribution in [0.1, 0.15) is 39.3 Å². The summed E-state index contributed by atoms with van der Waals surface area (Å²) in [5.41, 5.74) is 6.93. The Balaban J connectivity index is 2.83. The van der Waals surface area contributed by atoms with Gasteiger partial charge in [0.2, 0.25) is 5.91 Å². The van der Waals surface area contributed by atoms with E-state index in [1.807, 2.05) is 49.1 Å². The predicted molar refractivity (Wildman–Crippen MR) is 75.1 cm³/mol. The monoisotopic (exact) mass is 248 g/mol. The Hall–Kier alpha value is -1.35. The first-order valence-electron chi connectivity index (χ1n) is 6.54. The van der Waals surface area contributed by atoms with E-state index in [1.165, 1.54) is 0 Å². The fourth-order valence-electron chi connectivity index (χ4n) is 1.93. The lowest BCUT2D eigenvalue weighted by Crippen LogP contribution is -2.44. The van der Waals surface area contributed by atoms with Crippen LogP contribution in [-0.2, 0) is 4.79 Å². The average molecular weight is 248 g/mol. The molecule has 0 spiro atoms. The van der Waals surface area contributed by atoms with Gasteiger partial charge >= 0.3 is 0 Å². The summed E-state index contributed by atoms with van der Waals surface area (Å²) in [6, 6.07) is 9.15. The minimum Gasteiger partial charge on any atom is -0.338 e. The lowest BCUT2D eigenvalue weighted by molar-refractivity contribution is -0.135. The molecule has 0 fully saturated rings. The van der Waals surface area contributed by atoms with E-state index < -0.39 is 6.04 Å². The Labute approximate surface area is 110 Å². The van der Waals surface area contributed by atoms with Gasteiger partial charge in [0.25, 0.3) is 0 Å². The summed E-state index contributed by atoms with van der Waals surface area (Å²) < 4.78 is 0. The topological polar surface area (TPSA) is 46.3 Å². The first-order valence-corrected chi connectivity index (χ1v) is 6.54. The van der Waals surface area contributed by atoms with E-state index in [-0.39, 0.29) is 11.9 Å². The van der Waals surface area contributed by atoms with Crippen molar-refractivity contribution in [2.75, 3.05) is 6.54 Å². The fourth-order valence-corrected chi connectivity index (χ4v) is 1.93. The van der Waals surface area contributed by atoms with Crippen molar-refractivity contribution in [3.8, 4) is 0 Å². The zero-order valence-electron chi connectivity index (χ0n) is 11.8. The van der Waals surface area contributed by atoms with Crippen molar-refractivity contribution in [2.24, 2.45) is 11.7 Å². The second-order valence-corrected chi connectivity index (χ2v) is 5.37. The van der Waals surface area contributed by atoms with Crippen molar-refractivity contribution in [1.29, 1.82) is 0 Å². The Morgan fingerprint density at radius 1 is 1.17 bits per heavy atom. The van der Waals surface area contributed by atoms with Gasteiger partial charge in [-0.3, -0.25) is 4.79 Å². The predicted octanol–water partition coefficient (Wildman–Crippen LogP) is 2.58. The van der Waals surface area contributed by atoms with E-state index in [9.17, 15) is 4.79 Å². The maximum atomic E-state index is 12.4.